The van der Waals surface area contributed by atoms with Crippen LogP contribution in [0.5, 0.6) is 0 Å². The van der Waals surface area contributed by atoms with Crippen LogP contribution in [0, 0.1) is 6.92 Å². The lowest BCUT2D eigenvalue weighted by molar-refractivity contribution is 0.695. The average molecular weight is 256 g/mol. The Hall–Kier alpha value is -2.37. The highest BCUT2D eigenvalue weighted by Gasteiger charge is 2.14. The van der Waals surface area contributed by atoms with Gasteiger partial charge in [-0.2, -0.15) is 4.98 Å². The second kappa shape index (κ2) is 4.72. The summed E-state index contributed by atoms with van der Waals surface area (Å²) in [7, 11) is 0. The minimum absolute atomic E-state index is 0.0905. The molecular weight excluding hydrogens is 240 g/mol. The van der Waals surface area contributed by atoms with Gasteiger partial charge in [0.25, 0.3) is 0 Å². The molecule has 0 amide bonds. The zero-order chi connectivity index (χ0) is 13.2. The second-order valence-electron chi connectivity index (χ2n) is 4.47. The van der Waals surface area contributed by atoms with E-state index in [1.165, 1.54) is 0 Å². The molecule has 0 radical (unpaired) electrons. The second-order valence-corrected chi connectivity index (χ2v) is 4.47. The standard InChI is InChI=1S/C13H16N6/c1-3-10(11-14-6-7-15-11)16-13-17-12-9(2)5-4-8-19(12)18-13/h4-8,10H,3H2,1-2H3,(H,14,15)(H,16,18). The summed E-state index contributed by atoms with van der Waals surface area (Å²) in [5, 5.41) is 7.73. The van der Waals surface area contributed by atoms with Crippen LogP contribution in [-0.4, -0.2) is 24.6 Å². The summed E-state index contributed by atoms with van der Waals surface area (Å²) < 4.78 is 1.78. The molecule has 6 heteroatoms. The number of aromatic nitrogens is 5. The molecule has 3 rings (SSSR count). The molecular formula is C13H16N6. The van der Waals surface area contributed by atoms with Crippen molar-refractivity contribution in [3.63, 3.8) is 0 Å². The Bertz CT molecular complexity index is 670. The van der Waals surface area contributed by atoms with Crippen molar-refractivity contribution in [3.8, 4) is 0 Å². The van der Waals surface area contributed by atoms with Gasteiger partial charge in [-0.15, -0.1) is 5.10 Å². The largest absolute Gasteiger partial charge is 0.347 e. The molecule has 0 aliphatic carbocycles. The molecule has 3 aromatic heterocycles. The van der Waals surface area contributed by atoms with Crippen LogP contribution >= 0.6 is 0 Å². The molecule has 1 atom stereocenters. The van der Waals surface area contributed by atoms with Crippen molar-refractivity contribution in [1.82, 2.24) is 24.6 Å². The van der Waals surface area contributed by atoms with Crippen LogP contribution in [0.2, 0.25) is 0 Å². The lowest BCUT2D eigenvalue weighted by Gasteiger charge is -2.12. The van der Waals surface area contributed by atoms with Crippen LogP contribution in [0.15, 0.2) is 30.7 Å². The summed E-state index contributed by atoms with van der Waals surface area (Å²) in [6.45, 7) is 4.12. The van der Waals surface area contributed by atoms with Crippen molar-refractivity contribution in [1.29, 1.82) is 0 Å². The zero-order valence-corrected chi connectivity index (χ0v) is 11.0. The number of nitrogens with one attached hydrogen (secondary N) is 2. The topological polar surface area (TPSA) is 70.9 Å². The SMILES string of the molecule is CCC(Nc1nc2c(C)cccn2n1)c1ncc[nH]1. The van der Waals surface area contributed by atoms with Gasteiger partial charge in [-0.05, 0) is 25.0 Å². The van der Waals surface area contributed by atoms with Gasteiger partial charge in [0.2, 0.25) is 5.95 Å². The van der Waals surface area contributed by atoms with Gasteiger partial charge in [-0.25, -0.2) is 9.50 Å². The number of fused-ring (bicyclic) bond motifs is 1. The zero-order valence-electron chi connectivity index (χ0n) is 11.0. The molecule has 0 aliphatic heterocycles. The van der Waals surface area contributed by atoms with Gasteiger partial charge in [-0.3, -0.25) is 0 Å². The van der Waals surface area contributed by atoms with Crippen molar-refractivity contribution in [2.75, 3.05) is 5.32 Å². The van der Waals surface area contributed by atoms with Crippen molar-refractivity contribution >= 4 is 11.6 Å². The monoisotopic (exact) mass is 256 g/mol. The summed E-state index contributed by atoms with van der Waals surface area (Å²) in [5.74, 6) is 1.52. The fraction of sp³-hybridized carbons (Fsp3) is 0.308. The minimum atomic E-state index is 0.0905. The van der Waals surface area contributed by atoms with Crippen LogP contribution < -0.4 is 5.32 Å². The van der Waals surface area contributed by atoms with Gasteiger partial charge in [0.1, 0.15) is 5.82 Å². The first-order valence-electron chi connectivity index (χ1n) is 6.35. The van der Waals surface area contributed by atoms with E-state index in [1.54, 1.807) is 10.7 Å². The van der Waals surface area contributed by atoms with E-state index in [2.05, 4.69) is 32.3 Å². The highest BCUT2D eigenvalue weighted by molar-refractivity contribution is 5.50. The summed E-state index contributed by atoms with van der Waals surface area (Å²) in [6, 6.07) is 4.08. The van der Waals surface area contributed by atoms with Crippen LogP contribution in [0.1, 0.15) is 30.8 Å². The van der Waals surface area contributed by atoms with Crippen molar-refractivity contribution < 1.29 is 0 Å². The number of anilines is 1. The molecule has 6 nitrogen and oxygen atoms in total. The Balaban J connectivity index is 1.90. The van der Waals surface area contributed by atoms with Gasteiger partial charge in [0.15, 0.2) is 5.65 Å². The third kappa shape index (κ3) is 2.16. The highest BCUT2D eigenvalue weighted by atomic mass is 15.3. The smallest absolute Gasteiger partial charge is 0.243 e. The van der Waals surface area contributed by atoms with E-state index in [-0.39, 0.29) is 6.04 Å². The van der Waals surface area contributed by atoms with Crippen molar-refractivity contribution in [2.45, 2.75) is 26.3 Å². The van der Waals surface area contributed by atoms with Gasteiger partial charge < -0.3 is 10.3 Å². The number of hydrogen-bond acceptors (Lipinski definition) is 4. The first-order valence-corrected chi connectivity index (χ1v) is 6.35. The van der Waals surface area contributed by atoms with E-state index in [9.17, 15) is 0 Å². The minimum Gasteiger partial charge on any atom is -0.347 e. The van der Waals surface area contributed by atoms with E-state index in [0.29, 0.717) is 5.95 Å². The quantitative estimate of drug-likeness (QED) is 0.751. The maximum atomic E-state index is 4.51. The van der Waals surface area contributed by atoms with Crippen LogP contribution in [0.3, 0.4) is 0 Å². The molecule has 3 aromatic rings. The first-order chi connectivity index (χ1) is 9.28. The molecule has 2 N–H and O–H groups in total. The van der Waals surface area contributed by atoms with Crippen molar-refractivity contribution in [3.05, 3.63) is 42.1 Å². The van der Waals surface area contributed by atoms with E-state index in [0.717, 1.165) is 23.5 Å². The molecule has 0 saturated carbocycles. The van der Waals surface area contributed by atoms with E-state index < -0.39 is 0 Å². The van der Waals surface area contributed by atoms with Crippen LogP contribution in [-0.2, 0) is 0 Å². The predicted octanol–water partition coefficient (Wildman–Crippen LogP) is 2.32. The molecule has 1 unspecified atom stereocenters. The fourth-order valence-electron chi connectivity index (χ4n) is 2.09. The molecule has 0 aliphatic rings. The lowest BCUT2D eigenvalue weighted by atomic mass is 10.2. The van der Waals surface area contributed by atoms with Gasteiger partial charge in [0, 0.05) is 18.6 Å². The maximum absolute atomic E-state index is 4.51. The summed E-state index contributed by atoms with van der Waals surface area (Å²) >= 11 is 0. The molecule has 0 aromatic carbocycles. The van der Waals surface area contributed by atoms with Gasteiger partial charge in [-0.1, -0.05) is 13.0 Å². The number of pyridine rings is 1. The lowest BCUT2D eigenvalue weighted by Crippen LogP contribution is -2.12. The number of aryl methyl sites for hydroxylation is 1. The molecule has 3 heterocycles. The number of nitrogens with zero attached hydrogens (tertiary/aromatic N) is 4. The average Bonchev–Trinajstić information content (AvgIpc) is 3.05. The molecule has 98 valence electrons. The van der Waals surface area contributed by atoms with E-state index >= 15 is 0 Å². The third-order valence-corrected chi connectivity index (χ3v) is 3.12. The van der Waals surface area contributed by atoms with Gasteiger partial charge >= 0.3 is 0 Å². The molecule has 0 saturated heterocycles. The van der Waals surface area contributed by atoms with E-state index in [1.807, 2.05) is 31.5 Å². The van der Waals surface area contributed by atoms with Gasteiger partial charge in [0.05, 0.1) is 6.04 Å². The number of hydrogen-bond donors (Lipinski definition) is 2. The van der Waals surface area contributed by atoms with E-state index in [4.69, 9.17) is 0 Å². The summed E-state index contributed by atoms with van der Waals surface area (Å²) in [5.41, 5.74) is 1.98. The summed E-state index contributed by atoms with van der Waals surface area (Å²) in [6.07, 6.45) is 6.37. The van der Waals surface area contributed by atoms with Crippen molar-refractivity contribution in [2.24, 2.45) is 0 Å². The number of H-pyrrole nitrogens is 1. The summed E-state index contributed by atoms with van der Waals surface area (Å²) in [4.78, 5) is 11.9. The molecule has 0 fully saturated rings. The number of aromatic amines is 1. The first kappa shape index (κ1) is 11.7. The molecule has 0 spiro atoms. The Morgan fingerprint density at radius 3 is 3.05 bits per heavy atom. The van der Waals surface area contributed by atoms with Crippen LogP contribution in [0.25, 0.3) is 5.65 Å². The Morgan fingerprint density at radius 2 is 2.37 bits per heavy atom. The predicted molar refractivity (Wildman–Crippen MR) is 73.0 cm³/mol. The number of imidazole rings is 1. The maximum Gasteiger partial charge on any atom is 0.243 e. The number of rotatable bonds is 4. The fourth-order valence-corrected chi connectivity index (χ4v) is 2.09. The third-order valence-electron chi connectivity index (χ3n) is 3.12. The Morgan fingerprint density at radius 1 is 1.47 bits per heavy atom. The highest BCUT2D eigenvalue weighted by Crippen LogP contribution is 2.18. The molecule has 19 heavy (non-hydrogen) atoms. The normalized spacial score (nSPS) is 12.7. The molecule has 0 bridgehead atoms. The Labute approximate surface area is 110 Å². The van der Waals surface area contributed by atoms with Crippen LogP contribution in [0.4, 0.5) is 5.95 Å². The Kier molecular flexibility index (Phi) is 2.91.